The number of benzene rings is 1. The summed E-state index contributed by atoms with van der Waals surface area (Å²) in [6.07, 6.45) is 8.04. The first-order valence-electron chi connectivity index (χ1n) is 11.4. The number of aromatic nitrogens is 2. The third-order valence-electron chi connectivity index (χ3n) is 5.29. The largest absolute Gasteiger partial charge is 0.439 e. The second kappa shape index (κ2) is 13.8. The van der Waals surface area contributed by atoms with Gasteiger partial charge in [0.05, 0.1) is 5.56 Å². The zero-order valence-corrected chi connectivity index (χ0v) is 22.4. The Balaban J connectivity index is 2.71. The van der Waals surface area contributed by atoms with Crippen LogP contribution in [0, 0.1) is 6.92 Å². The van der Waals surface area contributed by atoms with Gasteiger partial charge in [-0.2, -0.15) is 4.99 Å². The number of aliphatic hydroxyl groups is 1. The van der Waals surface area contributed by atoms with Crippen LogP contribution in [0.15, 0.2) is 85.9 Å². The van der Waals surface area contributed by atoms with E-state index in [9.17, 15) is 9.59 Å². The summed E-state index contributed by atoms with van der Waals surface area (Å²) in [7, 11) is 1.54. The van der Waals surface area contributed by atoms with Crippen molar-refractivity contribution in [1.82, 2.24) is 9.13 Å². The normalized spacial score (nSPS) is 13.2. The highest BCUT2D eigenvalue weighted by atomic mass is 35.5. The maximum atomic E-state index is 12.9. The van der Waals surface area contributed by atoms with Gasteiger partial charge in [-0.25, -0.2) is 4.79 Å². The number of hydrogen-bond donors (Lipinski definition) is 1. The van der Waals surface area contributed by atoms with Gasteiger partial charge < -0.3 is 9.84 Å². The molecule has 36 heavy (non-hydrogen) atoms. The fraction of sp³-hybridized carbons (Fsp3) is 0.296. The Hall–Kier alpha value is -3.13. The summed E-state index contributed by atoms with van der Waals surface area (Å²) < 4.78 is 8.49. The van der Waals surface area contributed by atoms with Crippen molar-refractivity contribution in [3.05, 3.63) is 103 Å². The van der Waals surface area contributed by atoms with Crippen LogP contribution in [0.1, 0.15) is 32.3 Å². The molecule has 1 N–H and O–H groups in total. The number of halogens is 2. The highest BCUT2D eigenvalue weighted by molar-refractivity contribution is 6.31. The zero-order valence-electron chi connectivity index (χ0n) is 20.9. The van der Waals surface area contributed by atoms with Crippen LogP contribution in [0.4, 0.5) is 5.82 Å². The van der Waals surface area contributed by atoms with Crippen LogP contribution < -0.4 is 16.0 Å². The van der Waals surface area contributed by atoms with E-state index >= 15 is 0 Å². The van der Waals surface area contributed by atoms with Gasteiger partial charge in [0.15, 0.2) is 0 Å². The van der Waals surface area contributed by atoms with Crippen molar-refractivity contribution >= 4 is 34.9 Å². The third kappa shape index (κ3) is 7.68. The molecule has 0 spiro atoms. The van der Waals surface area contributed by atoms with Crippen LogP contribution in [0.25, 0.3) is 0 Å². The first-order chi connectivity index (χ1) is 17.1. The molecule has 0 aliphatic heterocycles. The predicted molar refractivity (Wildman–Crippen MR) is 148 cm³/mol. The molecular weight excluding hydrogens is 501 g/mol. The quantitative estimate of drug-likeness (QED) is 0.246. The van der Waals surface area contributed by atoms with E-state index in [-0.39, 0.29) is 30.4 Å². The van der Waals surface area contributed by atoms with E-state index in [0.29, 0.717) is 34.2 Å². The molecule has 0 fully saturated rings. The van der Waals surface area contributed by atoms with Gasteiger partial charge in [-0.15, -0.1) is 0 Å². The average Bonchev–Trinajstić information content (AvgIpc) is 2.86. The highest BCUT2D eigenvalue weighted by Crippen LogP contribution is 2.22. The van der Waals surface area contributed by atoms with Crippen LogP contribution in [0.5, 0.6) is 5.75 Å². The minimum atomic E-state index is -0.528. The summed E-state index contributed by atoms with van der Waals surface area (Å²) in [6, 6.07) is 6.85. The van der Waals surface area contributed by atoms with Crippen molar-refractivity contribution in [3.8, 4) is 5.75 Å². The van der Waals surface area contributed by atoms with E-state index in [2.05, 4.69) is 11.6 Å². The second-order valence-corrected chi connectivity index (χ2v) is 8.85. The number of rotatable bonds is 10. The topological polar surface area (TPSA) is 85.8 Å². The van der Waals surface area contributed by atoms with Crippen molar-refractivity contribution in [2.75, 3.05) is 6.61 Å². The molecule has 0 atom stereocenters. The van der Waals surface area contributed by atoms with E-state index in [0.717, 1.165) is 10.1 Å². The average molecular weight is 532 g/mol. The lowest BCUT2D eigenvalue weighted by Gasteiger charge is -2.15. The molecule has 1 aromatic carbocycles. The van der Waals surface area contributed by atoms with E-state index < -0.39 is 11.2 Å². The molecule has 1 aromatic heterocycles. The minimum Gasteiger partial charge on any atom is -0.439 e. The van der Waals surface area contributed by atoms with Gasteiger partial charge >= 0.3 is 5.69 Å². The van der Waals surface area contributed by atoms with E-state index in [1.165, 1.54) is 4.57 Å². The lowest BCUT2D eigenvalue weighted by atomic mass is 10.1. The monoisotopic (exact) mass is 531 g/mol. The second-order valence-electron chi connectivity index (χ2n) is 7.98. The zero-order chi connectivity index (χ0) is 26.8. The maximum Gasteiger partial charge on any atom is 0.332 e. The summed E-state index contributed by atoms with van der Waals surface area (Å²) in [6.45, 7) is 9.05. The molecule has 0 unspecified atom stereocenters. The van der Waals surface area contributed by atoms with E-state index in [1.807, 2.05) is 26.0 Å². The molecule has 9 heteroatoms. The lowest BCUT2D eigenvalue weighted by Crippen LogP contribution is -2.40. The summed E-state index contributed by atoms with van der Waals surface area (Å²) in [5.74, 6) is 0.817. The predicted octanol–water partition coefficient (Wildman–Crippen LogP) is 5.59. The van der Waals surface area contributed by atoms with Crippen LogP contribution >= 0.6 is 23.2 Å². The molecule has 2 aromatic rings. The Labute approximate surface area is 221 Å². The van der Waals surface area contributed by atoms with E-state index in [4.69, 9.17) is 33.0 Å². The van der Waals surface area contributed by atoms with Gasteiger partial charge in [-0.1, -0.05) is 61.0 Å². The van der Waals surface area contributed by atoms with Crippen molar-refractivity contribution in [3.63, 3.8) is 0 Å². The molecule has 0 aliphatic rings. The SMILES string of the molecule is C=CC(Cl)=CC=C(C=C(C)C(=Nc1c(C)c(=O)n(CCCO)c(=O)n1C)Oc1cccc(Cl)c1)CC. The van der Waals surface area contributed by atoms with Crippen LogP contribution in [0.3, 0.4) is 0 Å². The van der Waals surface area contributed by atoms with Crippen molar-refractivity contribution in [1.29, 1.82) is 0 Å². The van der Waals surface area contributed by atoms with Crippen LogP contribution in [-0.4, -0.2) is 26.7 Å². The van der Waals surface area contributed by atoms with Crippen LogP contribution in [-0.2, 0) is 13.6 Å². The Morgan fingerprint density at radius 2 is 2.00 bits per heavy atom. The van der Waals surface area contributed by atoms with Crippen molar-refractivity contribution in [2.24, 2.45) is 12.0 Å². The first-order valence-corrected chi connectivity index (χ1v) is 12.2. The summed E-state index contributed by atoms with van der Waals surface area (Å²) in [4.78, 5) is 30.4. The van der Waals surface area contributed by atoms with Gasteiger partial charge in [0.25, 0.3) is 5.56 Å². The highest BCUT2D eigenvalue weighted by Gasteiger charge is 2.16. The van der Waals surface area contributed by atoms with Gasteiger partial charge in [-0.05, 0) is 56.5 Å². The fourth-order valence-corrected chi connectivity index (χ4v) is 3.53. The van der Waals surface area contributed by atoms with Gasteiger partial charge in [0, 0.05) is 35.8 Å². The lowest BCUT2D eigenvalue weighted by molar-refractivity contribution is 0.277. The molecule has 1 heterocycles. The first kappa shape index (κ1) is 29.1. The Kier molecular flexibility index (Phi) is 11.2. The molecule has 0 aliphatic carbocycles. The Morgan fingerprint density at radius 3 is 2.61 bits per heavy atom. The van der Waals surface area contributed by atoms with Crippen LogP contribution in [0.2, 0.25) is 5.02 Å². The van der Waals surface area contributed by atoms with Gasteiger partial charge in [-0.3, -0.25) is 13.9 Å². The number of nitrogens with zero attached hydrogens (tertiary/aromatic N) is 3. The molecular formula is C27H31Cl2N3O4. The molecule has 0 amide bonds. The maximum absolute atomic E-state index is 12.9. The number of ether oxygens (including phenoxy) is 1. The molecule has 7 nitrogen and oxygen atoms in total. The molecule has 0 radical (unpaired) electrons. The van der Waals surface area contributed by atoms with Crippen molar-refractivity contribution in [2.45, 2.75) is 40.2 Å². The third-order valence-corrected chi connectivity index (χ3v) is 5.81. The Morgan fingerprint density at radius 1 is 1.28 bits per heavy atom. The summed E-state index contributed by atoms with van der Waals surface area (Å²) in [5.41, 5.74) is 0.886. The number of allylic oxidation sites excluding steroid dienone is 6. The summed E-state index contributed by atoms with van der Waals surface area (Å²) in [5, 5.41) is 10.1. The molecule has 0 saturated heterocycles. The standard InChI is InChI=1S/C27H31Cl2N3O4/c1-6-20(12-13-21(28)7-2)16-18(3)25(36-23-11-8-10-22(29)17-23)30-24-19(4)26(34)32(14-9-15-33)27(35)31(24)5/h7-8,10-13,16-17,33H,2,6,9,14-15H2,1,3-5H3. The number of aliphatic hydroxyl groups excluding tert-OH is 1. The smallest absolute Gasteiger partial charge is 0.332 e. The molecule has 0 saturated carbocycles. The van der Waals surface area contributed by atoms with Gasteiger partial charge in [0.1, 0.15) is 11.6 Å². The summed E-state index contributed by atoms with van der Waals surface area (Å²) >= 11 is 12.2. The van der Waals surface area contributed by atoms with Crippen molar-refractivity contribution < 1.29 is 9.84 Å². The van der Waals surface area contributed by atoms with Gasteiger partial charge in [0.2, 0.25) is 5.90 Å². The molecule has 0 bridgehead atoms. The molecule has 2 rings (SSSR count). The van der Waals surface area contributed by atoms with E-state index in [1.54, 1.807) is 50.4 Å². The Bertz CT molecular complexity index is 1310. The number of aliphatic imine (C=N–C) groups is 1. The minimum absolute atomic E-state index is 0.114. The number of hydrogen-bond acceptors (Lipinski definition) is 5. The fourth-order valence-electron chi connectivity index (χ4n) is 3.29. The molecule has 192 valence electrons.